The van der Waals surface area contributed by atoms with Gasteiger partial charge >= 0.3 is 0 Å². The molecule has 1 fully saturated rings. The van der Waals surface area contributed by atoms with E-state index in [1.165, 1.54) is 5.56 Å². The number of likely N-dealkylation sites (tertiary alicyclic amines) is 1. The van der Waals surface area contributed by atoms with Gasteiger partial charge < -0.3 is 20.3 Å². The summed E-state index contributed by atoms with van der Waals surface area (Å²) in [4.78, 5) is 26.2. The van der Waals surface area contributed by atoms with Gasteiger partial charge in [0.05, 0.1) is 13.7 Å². The van der Waals surface area contributed by atoms with E-state index in [4.69, 9.17) is 4.74 Å². The first-order valence-corrected chi connectivity index (χ1v) is 12.5. The van der Waals surface area contributed by atoms with Crippen LogP contribution < -0.4 is 15.4 Å². The van der Waals surface area contributed by atoms with Gasteiger partial charge in [-0.1, -0.05) is 42.5 Å². The minimum absolute atomic E-state index is 0.0715. The average Bonchev–Trinajstić information content (AvgIpc) is 2.92. The number of anilines is 2. The van der Waals surface area contributed by atoms with Gasteiger partial charge in [0.1, 0.15) is 11.6 Å². The zero-order valence-electron chi connectivity index (χ0n) is 21.4. The van der Waals surface area contributed by atoms with Crippen molar-refractivity contribution in [1.29, 1.82) is 0 Å². The molecule has 190 valence electrons. The number of rotatable bonds is 10. The lowest BCUT2D eigenvalue weighted by Crippen LogP contribution is -2.46. The van der Waals surface area contributed by atoms with Crippen LogP contribution >= 0.6 is 0 Å². The van der Waals surface area contributed by atoms with Gasteiger partial charge in [-0.05, 0) is 43.0 Å². The maximum atomic E-state index is 12.9. The molecule has 8 nitrogen and oxygen atoms in total. The molecule has 1 aliphatic heterocycles. The van der Waals surface area contributed by atoms with Crippen LogP contribution in [0.5, 0.6) is 5.75 Å². The molecular weight excluding hydrogens is 452 g/mol. The molecule has 36 heavy (non-hydrogen) atoms. The summed E-state index contributed by atoms with van der Waals surface area (Å²) in [5.74, 6) is 2.08. The number of hydrogen-bond donors (Lipinski definition) is 2. The van der Waals surface area contributed by atoms with Crippen LogP contribution in [-0.4, -0.2) is 65.5 Å². The molecule has 0 unspecified atom stereocenters. The highest BCUT2D eigenvalue weighted by Crippen LogP contribution is 2.19. The van der Waals surface area contributed by atoms with Crippen molar-refractivity contribution in [3.05, 3.63) is 77.5 Å². The molecule has 0 bridgehead atoms. The summed E-state index contributed by atoms with van der Waals surface area (Å²) in [5, 5.41) is 6.47. The number of hydrogen-bond acceptors (Lipinski definition) is 7. The first-order valence-electron chi connectivity index (χ1n) is 12.5. The maximum Gasteiger partial charge on any atom is 0.241 e. The minimum atomic E-state index is 0.0715. The topological polar surface area (TPSA) is 82.6 Å². The van der Waals surface area contributed by atoms with Crippen LogP contribution in [0.2, 0.25) is 0 Å². The van der Waals surface area contributed by atoms with Crippen molar-refractivity contribution in [2.45, 2.75) is 38.9 Å². The number of ether oxygens (including phenoxy) is 1. The van der Waals surface area contributed by atoms with E-state index in [0.29, 0.717) is 18.3 Å². The van der Waals surface area contributed by atoms with Crippen molar-refractivity contribution < 1.29 is 9.53 Å². The standard InChI is InChI=1S/C28H36N6O2/c1-21-17-30-28(31-18-22-9-11-25(36-3)12-10-22)32-27(21)29-19-26(35)33(2)24-13-15-34(16-14-24)20-23-7-5-4-6-8-23/h4-12,17,24H,13-16,18-20H2,1-3H3,(H2,29,30,31,32). The fourth-order valence-electron chi connectivity index (χ4n) is 4.42. The third-order valence-corrected chi connectivity index (χ3v) is 6.74. The van der Waals surface area contributed by atoms with Crippen LogP contribution in [0, 0.1) is 6.92 Å². The molecule has 1 aliphatic rings. The van der Waals surface area contributed by atoms with E-state index in [1.54, 1.807) is 13.3 Å². The van der Waals surface area contributed by atoms with Gasteiger partial charge in [0, 0.05) is 51.0 Å². The Morgan fingerprint density at radius 1 is 1.06 bits per heavy atom. The van der Waals surface area contributed by atoms with Crippen molar-refractivity contribution in [2.75, 3.05) is 44.4 Å². The SMILES string of the molecule is COc1ccc(CNc2ncc(C)c(NCC(=O)N(C)C3CCN(Cc4ccccc4)CC3)n2)cc1. The van der Waals surface area contributed by atoms with E-state index in [9.17, 15) is 4.79 Å². The van der Waals surface area contributed by atoms with Crippen LogP contribution in [0.4, 0.5) is 11.8 Å². The van der Waals surface area contributed by atoms with Crippen molar-refractivity contribution in [3.8, 4) is 5.75 Å². The molecular formula is C28H36N6O2. The van der Waals surface area contributed by atoms with E-state index < -0.39 is 0 Å². The average molecular weight is 489 g/mol. The fraction of sp³-hybridized carbons (Fsp3) is 0.393. The van der Waals surface area contributed by atoms with Crippen LogP contribution in [0.1, 0.15) is 29.5 Å². The summed E-state index contributed by atoms with van der Waals surface area (Å²) in [5.41, 5.74) is 3.33. The van der Waals surface area contributed by atoms with Crippen molar-refractivity contribution in [1.82, 2.24) is 19.8 Å². The Kier molecular flexibility index (Phi) is 8.73. The number of methoxy groups -OCH3 is 1. The van der Waals surface area contributed by atoms with Crippen LogP contribution in [-0.2, 0) is 17.9 Å². The quantitative estimate of drug-likeness (QED) is 0.447. The predicted octanol–water partition coefficient (Wildman–Crippen LogP) is 3.94. The number of carbonyl (C=O) groups is 1. The third kappa shape index (κ3) is 6.95. The fourth-order valence-corrected chi connectivity index (χ4v) is 4.42. The van der Waals surface area contributed by atoms with Gasteiger partial charge in [-0.3, -0.25) is 9.69 Å². The van der Waals surface area contributed by atoms with Crippen LogP contribution in [0.25, 0.3) is 0 Å². The molecule has 2 aromatic carbocycles. The van der Waals surface area contributed by atoms with Crippen LogP contribution in [0.3, 0.4) is 0 Å². The summed E-state index contributed by atoms with van der Waals surface area (Å²) in [6.07, 6.45) is 3.74. The molecule has 0 radical (unpaired) electrons. The Balaban J connectivity index is 1.24. The van der Waals surface area contributed by atoms with E-state index in [0.717, 1.165) is 49.4 Å². The summed E-state index contributed by atoms with van der Waals surface area (Å²) in [7, 11) is 3.57. The molecule has 0 atom stereocenters. The number of benzene rings is 2. The van der Waals surface area contributed by atoms with E-state index >= 15 is 0 Å². The zero-order valence-corrected chi connectivity index (χ0v) is 21.4. The number of likely N-dealkylation sites (N-methyl/N-ethyl adjacent to an activating group) is 1. The summed E-state index contributed by atoms with van der Waals surface area (Å²) in [6, 6.07) is 18.7. The number of carbonyl (C=O) groups excluding carboxylic acids is 1. The Labute approximate surface area is 213 Å². The largest absolute Gasteiger partial charge is 0.497 e. The molecule has 0 spiro atoms. The number of aryl methyl sites for hydroxylation is 1. The normalized spacial score (nSPS) is 14.3. The van der Waals surface area contributed by atoms with Gasteiger partial charge in [0.15, 0.2) is 0 Å². The first kappa shape index (κ1) is 25.4. The molecule has 0 saturated carbocycles. The second-order valence-corrected chi connectivity index (χ2v) is 9.28. The van der Waals surface area contributed by atoms with Gasteiger partial charge in [-0.2, -0.15) is 4.98 Å². The van der Waals surface area contributed by atoms with Gasteiger partial charge in [0.2, 0.25) is 11.9 Å². The number of nitrogens with one attached hydrogen (secondary N) is 2. The molecule has 1 amide bonds. The lowest BCUT2D eigenvalue weighted by atomic mass is 10.0. The van der Waals surface area contributed by atoms with Crippen molar-refractivity contribution in [3.63, 3.8) is 0 Å². The van der Waals surface area contributed by atoms with Gasteiger partial charge in [-0.25, -0.2) is 4.98 Å². The summed E-state index contributed by atoms with van der Waals surface area (Å²) in [6.45, 7) is 5.70. The molecule has 2 heterocycles. The number of amides is 1. The second kappa shape index (κ2) is 12.4. The monoisotopic (exact) mass is 488 g/mol. The van der Waals surface area contributed by atoms with Crippen molar-refractivity contribution in [2.24, 2.45) is 0 Å². The molecule has 8 heteroatoms. The van der Waals surface area contributed by atoms with Gasteiger partial charge in [0.25, 0.3) is 0 Å². The first-order chi connectivity index (χ1) is 17.5. The number of piperidine rings is 1. The zero-order chi connectivity index (χ0) is 25.3. The van der Waals surface area contributed by atoms with E-state index in [2.05, 4.69) is 49.8 Å². The molecule has 1 aromatic heterocycles. The summed E-state index contributed by atoms with van der Waals surface area (Å²) >= 11 is 0. The Hall–Kier alpha value is -3.65. The van der Waals surface area contributed by atoms with E-state index in [-0.39, 0.29) is 18.5 Å². The highest BCUT2D eigenvalue weighted by atomic mass is 16.5. The number of nitrogens with zero attached hydrogens (tertiary/aromatic N) is 4. The lowest BCUT2D eigenvalue weighted by molar-refractivity contribution is -0.130. The Morgan fingerprint density at radius 2 is 1.78 bits per heavy atom. The Morgan fingerprint density at radius 3 is 2.47 bits per heavy atom. The molecule has 2 N–H and O–H groups in total. The van der Waals surface area contributed by atoms with Gasteiger partial charge in [-0.15, -0.1) is 0 Å². The minimum Gasteiger partial charge on any atom is -0.497 e. The second-order valence-electron chi connectivity index (χ2n) is 9.28. The third-order valence-electron chi connectivity index (χ3n) is 6.74. The smallest absolute Gasteiger partial charge is 0.241 e. The molecule has 1 saturated heterocycles. The van der Waals surface area contributed by atoms with Crippen LogP contribution in [0.15, 0.2) is 60.8 Å². The molecule has 3 aromatic rings. The van der Waals surface area contributed by atoms with E-state index in [1.807, 2.05) is 49.2 Å². The highest BCUT2D eigenvalue weighted by Gasteiger charge is 2.25. The highest BCUT2D eigenvalue weighted by molar-refractivity contribution is 5.80. The maximum absolute atomic E-state index is 12.9. The number of aromatic nitrogens is 2. The molecule has 4 rings (SSSR count). The van der Waals surface area contributed by atoms with Crippen molar-refractivity contribution >= 4 is 17.7 Å². The predicted molar refractivity (Wildman–Crippen MR) is 143 cm³/mol. The lowest BCUT2D eigenvalue weighted by Gasteiger charge is -2.36. The Bertz CT molecular complexity index is 1110. The summed E-state index contributed by atoms with van der Waals surface area (Å²) < 4.78 is 5.20. The molecule has 0 aliphatic carbocycles.